The van der Waals surface area contributed by atoms with E-state index in [0.717, 1.165) is 25.4 Å². The van der Waals surface area contributed by atoms with E-state index in [1.807, 2.05) is 13.0 Å². The first-order chi connectivity index (χ1) is 8.22. The predicted octanol–water partition coefficient (Wildman–Crippen LogP) is 2.00. The van der Waals surface area contributed by atoms with Gasteiger partial charge in [0.05, 0.1) is 29.6 Å². The van der Waals surface area contributed by atoms with Crippen LogP contribution in [0.4, 0.5) is 11.4 Å². The number of hydrogen-bond donors (Lipinski definition) is 1. The van der Waals surface area contributed by atoms with Crippen LogP contribution in [0.25, 0.3) is 0 Å². The Balaban J connectivity index is 2.78. The summed E-state index contributed by atoms with van der Waals surface area (Å²) in [6.07, 6.45) is 0. The molecule has 92 valence electrons. The average Bonchev–Trinajstić information content (AvgIpc) is 2.35. The van der Waals surface area contributed by atoms with Crippen LogP contribution in [0.3, 0.4) is 0 Å². The molecule has 0 aromatic heterocycles. The molecular formula is C13H19N3O. The van der Waals surface area contributed by atoms with E-state index >= 15 is 0 Å². The van der Waals surface area contributed by atoms with Gasteiger partial charge in [-0.15, -0.1) is 0 Å². The van der Waals surface area contributed by atoms with Crippen LogP contribution in [0, 0.1) is 11.3 Å². The van der Waals surface area contributed by atoms with Crippen molar-refractivity contribution < 1.29 is 4.74 Å². The summed E-state index contributed by atoms with van der Waals surface area (Å²) in [4.78, 5) is 2.14. The molecule has 0 bridgehead atoms. The van der Waals surface area contributed by atoms with E-state index in [9.17, 15) is 0 Å². The molecule has 1 rings (SSSR count). The van der Waals surface area contributed by atoms with Crippen LogP contribution in [0.1, 0.15) is 19.4 Å². The van der Waals surface area contributed by atoms with Gasteiger partial charge in [0.15, 0.2) is 0 Å². The lowest BCUT2D eigenvalue weighted by Gasteiger charge is -2.24. The molecule has 1 aromatic carbocycles. The van der Waals surface area contributed by atoms with Crippen molar-refractivity contribution in [3.63, 3.8) is 0 Å². The molecule has 1 aromatic rings. The lowest BCUT2D eigenvalue weighted by Crippen LogP contribution is -2.27. The van der Waals surface area contributed by atoms with Crippen molar-refractivity contribution in [1.82, 2.24) is 0 Å². The van der Waals surface area contributed by atoms with Gasteiger partial charge in [0.25, 0.3) is 0 Å². The van der Waals surface area contributed by atoms with Crippen molar-refractivity contribution in [3.05, 3.63) is 23.8 Å². The van der Waals surface area contributed by atoms with Gasteiger partial charge in [-0.2, -0.15) is 5.26 Å². The van der Waals surface area contributed by atoms with Gasteiger partial charge in [-0.05, 0) is 32.0 Å². The summed E-state index contributed by atoms with van der Waals surface area (Å²) in [7, 11) is 0. The molecule has 0 aliphatic carbocycles. The molecule has 0 amide bonds. The molecule has 0 aliphatic heterocycles. The largest absolute Gasteiger partial charge is 0.397 e. The summed E-state index contributed by atoms with van der Waals surface area (Å²) in [5.74, 6) is 0. The van der Waals surface area contributed by atoms with E-state index in [0.29, 0.717) is 17.9 Å². The zero-order chi connectivity index (χ0) is 12.7. The number of ether oxygens (including phenoxy) is 1. The topological polar surface area (TPSA) is 62.3 Å². The van der Waals surface area contributed by atoms with Crippen molar-refractivity contribution in [2.75, 3.05) is 36.9 Å². The van der Waals surface area contributed by atoms with Crippen molar-refractivity contribution in [3.8, 4) is 6.07 Å². The van der Waals surface area contributed by atoms with Gasteiger partial charge >= 0.3 is 0 Å². The maximum Gasteiger partial charge on any atom is 0.0992 e. The molecule has 0 unspecified atom stereocenters. The highest BCUT2D eigenvalue weighted by Crippen LogP contribution is 2.23. The predicted molar refractivity (Wildman–Crippen MR) is 69.9 cm³/mol. The molecule has 0 heterocycles. The van der Waals surface area contributed by atoms with Crippen LogP contribution in [-0.2, 0) is 4.74 Å². The van der Waals surface area contributed by atoms with Gasteiger partial charge in [-0.25, -0.2) is 0 Å². The molecular weight excluding hydrogens is 214 g/mol. The first kappa shape index (κ1) is 13.3. The Bertz CT molecular complexity index is 398. The standard InChI is InChI=1S/C13H19N3O/c1-3-16(7-8-17-4-2)13-6-5-11(10-14)9-12(13)15/h5-6,9H,3-4,7-8,15H2,1-2H3. The molecule has 2 N–H and O–H groups in total. The highest BCUT2D eigenvalue weighted by atomic mass is 16.5. The van der Waals surface area contributed by atoms with Gasteiger partial charge < -0.3 is 15.4 Å². The maximum atomic E-state index is 8.78. The summed E-state index contributed by atoms with van der Waals surface area (Å²) in [5, 5.41) is 8.78. The third-order valence-electron chi connectivity index (χ3n) is 2.59. The summed E-state index contributed by atoms with van der Waals surface area (Å²) < 4.78 is 5.34. The quantitative estimate of drug-likeness (QED) is 0.603. The molecule has 4 nitrogen and oxygen atoms in total. The van der Waals surface area contributed by atoms with Crippen LogP contribution in [0.5, 0.6) is 0 Å². The van der Waals surface area contributed by atoms with E-state index in [-0.39, 0.29) is 0 Å². The zero-order valence-corrected chi connectivity index (χ0v) is 10.4. The van der Waals surface area contributed by atoms with Gasteiger partial charge in [-0.1, -0.05) is 0 Å². The summed E-state index contributed by atoms with van der Waals surface area (Å²) in [6, 6.07) is 7.47. The van der Waals surface area contributed by atoms with E-state index in [4.69, 9.17) is 15.7 Å². The zero-order valence-electron chi connectivity index (χ0n) is 10.4. The molecule has 0 fully saturated rings. The van der Waals surface area contributed by atoms with Gasteiger partial charge in [-0.3, -0.25) is 0 Å². The lowest BCUT2D eigenvalue weighted by atomic mass is 10.1. The fourth-order valence-electron chi connectivity index (χ4n) is 1.68. The van der Waals surface area contributed by atoms with E-state index in [2.05, 4.69) is 17.9 Å². The number of benzene rings is 1. The SMILES string of the molecule is CCOCCN(CC)c1ccc(C#N)cc1N. The number of nitrogen functional groups attached to an aromatic ring is 1. The number of rotatable bonds is 6. The minimum absolute atomic E-state index is 0.590. The normalized spacial score (nSPS) is 9.94. The highest BCUT2D eigenvalue weighted by Gasteiger charge is 2.08. The number of hydrogen-bond acceptors (Lipinski definition) is 4. The molecule has 0 spiro atoms. The third-order valence-corrected chi connectivity index (χ3v) is 2.59. The number of nitrogens with zero attached hydrogens (tertiary/aromatic N) is 2. The van der Waals surface area contributed by atoms with Crippen LogP contribution >= 0.6 is 0 Å². The molecule has 4 heteroatoms. The van der Waals surface area contributed by atoms with Gasteiger partial charge in [0.2, 0.25) is 0 Å². The second kappa shape index (κ2) is 6.77. The average molecular weight is 233 g/mol. The summed E-state index contributed by atoms with van der Waals surface area (Å²) in [6.45, 7) is 7.13. The monoisotopic (exact) mass is 233 g/mol. The summed E-state index contributed by atoms with van der Waals surface area (Å²) in [5.41, 5.74) is 8.14. The number of nitrogens with two attached hydrogens (primary N) is 1. The van der Waals surface area contributed by atoms with Gasteiger partial charge in [0, 0.05) is 19.7 Å². The Morgan fingerprint density at radius 2 is 2.18 bits per heavy atom. The number of anilines is 2. The fourth-order valence-corrected chi connectivity index (χ4v) is 1.68. The maximum absolute atomic E-state index is 8.78. The Morgan fingerprint density at radius 1 is 1.41 bits per heavy atom. The Kier molecular flexibility index (Phi) is 5.31. The van der Waals surface area contributed by atoms with E-state index < -0.39 is 0 Å². The summed E-state index contributed by atoms with van der Waals surface area (Å²) >= 11 is 0. The molecule has 0 radical (unpaired) electrons. The van der Waals surface area contributed by atoms with Crippen molar-refractivity contribution in [2.24, 2.45) is 0 Å². The molecule has 0 saturated carbocycles. The second-order valence-corrected chi connectivity index (χ2v) is 3.66. The van der Waals surface area contributed by atoms with Crippen LogP contribution < -0.4 is 10.6 Å². The fraction of sp³-hybridized carbons (Fsp3) is 0.462. The third kappa shape index (κ3) is 3.65. The molecule has 0 atom stereocenters. The molecule has 0 saturated heterocycles. The van der Waals surface area contributed by atoms with E-state index in [1.165, 1.54) is 0 Å². The van der Waals surface area contributed by atoms with E-state index in [1.54, 1.807) is 12.1 Å². The minimum atomic E-state index is 0.590. The van der Waals surface area contributed by atoms with Crippen molar-refractivity contribution in [1.29, 1.82) is 5.26 Å². The number of likely N-dealkylation sites (N-methyl/N-ethyl adjacent to an activating group) is 1. The Hall–Kier alpha value is -1.73. The first-order valence-electron chi connectivity index (χ1n) is 5.85. The molecule has 17 heavy (non-hydrogen) atoms. The second-order valence-electron chi connectivity index (χ2n) is 3.66. The minimum Gasteiger partial charge on any atom is -0.397 e. The van der Waals surface area contributed by atoms with Crippen LogP contribution in [0.2, 0.25) is 0 Å². The highest BCUT2D eigenvalue weighted by molar-refractivity contribution is 5.69. The smallest absolute Gasteiger partial charge is 0.0992 e. The first-order valence-corrected chi connectivity index (χ1v) is 5.85. The molecule has 0 aliphatic rings. The Morgan fingerprint density at radius 3 is 2.71 bits per heavy atom. The van der Waals surface area contributed by atoms with Crippen LogP contribution in [-0.4, -0.2) is 26.3 Å². The lowest BCUT2D eigenvalue weighted by molar-refractivity contribution is 0.154. The van der Waals surface area contributed by atoms with Crippen LogP contribution in [0.15, 0.2) is 18.2 Å². The number of nitriles is 1. The Labute approximate surface area is 103 Å². The van der Waals surface area contributed by atoms with Crippen molar-refractivity contribution in [2.45, 2.75) is 13.8 Å². The van der Waals surface area contributed by atoms with Gasteiger partial charge in [0.1, 0.15) is 0 Å². The van der Waals surface area contributed by atoms with Crippen molar-refractivity contribution >= 4 is 11.4 Å².